The van der Waals surface area contributed by atoms with Crippen LogP contribution >= 0.6 is 0 Å². The van der Waals surface area contributed by atoms with Gasteiger partial charge in [0.25, 0.3) is 0 Å². The van der Waals surface area contributed by atoms with Crippen LogP contribution in [0.25, 0.3) is 0 Å². The van der Waals surface area contributed by atoms with Crippen molar-refractivity contribution in [3.8, 4) is 5.75 Å². The molecule has 0 bridgehead atoms. The van der Waals surface area contributed by atoms with Gasteiger partial charge in [-0.25, -0.2) is 0 Å². The van der Waals surface area contributed by atoms with Gasteiger partial charge in [-0.2, -0.15) is 0 Å². The van der Waals surface area contributed by atoms with Gasteiger partial charge in [0.2, 0.25) is 0 Å². The highest BCUT2D eigenvalue weighted by Gasteiger charge is 2.11. The zero-order valence-electron chi connectivity index (χ0n) is 13.7. The van der Waals surface area contributed by atoms with Crippen LogP contribution in [0.4, 0.5) is 5.69 Å². The average molecular weight is 289 g/mol. The highest BCUT2D eigenvalue weighted by Crippen LogP contribution is 2.23. The van der Waals surface area contributed by atoms with Gasteiger partial charge in [-0.3, -0.25) is 0 Å². The minimum Gasteiger partial charge on any atom is -0.494 e. The monoisotopic (exact) mass is 289 g/mol. The Morgan fingerprint density at radius 1 is 0.857 bits per heavy atom. The molecule has 0 spiro atoms. The summed E-state index contributed by atoms with van der Waals surface area (Å²) in [6, 6.07) is 8.64. The highest BCUT2D eigenvalue weighted by atomic mass is 16.5. The lowest BCUT2D eigenvalue weighted by molar-refractivity contribution is 0.304. The molecule has 118 valence electrons. The van der Waals surface area contributed by atoms with E-state index < -0.39 is 0 Å². The summed E-state index contributed by atoms with van der Waals surface area (Å²) in [6.45, 7) is 5.54. The lowest BCUT2D eigenvalue weighted by Gasteiger charge is -2.17. The number of hydrogen-bond donors (Lipinski definition) is 0. The van der Waals surface area contributed by atoms with Gasteiger partial charge >= 0.3 is 0 Å². The molecular formula is C19H31NO. The molecule has 1 aromatic rings. The Morgan fingerprint density at radius 3 is 2.14 bits per heavy atom. The Bertz CT molecular complexity index is 368. The Balaban J connectivity index is 1.56. The summed E-state index contributed by atoms with van der Waals surface area (Å²) in [5.74, 6) is 1.02. The van der Waals surface area contributed by atoms with Crippen molar-refractivity contribution in [1.82, 2.24) is 0 Å². The number of unbranched alkanes of at least 4 members (excludes halogenated alkanes) is 6. The maximum Gasteiger partial charge on any atom is 0.119 e. The molecule has 0 radical (unpaired) electrons. The lowest BCUT2D eigenvalue weighted by Crippen LogP contribution is -2.17. The fraction of sp³-hybridized carbons (Fsp3) is 0.684. The topological polar surface area (TPSA) is 12.5 Å². The standard InChI is InChI=1S/C19H31NO/c1-2-3-4-5-6-7-10-17-21-19-13-11-18(12-14-19)20-15-8-9-16-20/h11-14H,2-10,15-17H2,1H3. The van der Waals surface area contributed by atoms with Crippen LogP contribution in [0, 0.1) is 0 Å². The first-order chi connectivity index (χ1) is 10.4. The summed E-state index contributed by atoms with van der Waals surface area (Å²) in [4.78, 5) is 2.46. The van der Waals surface area contributed by atoms with Crippen molar-refractivity contribution >= 4 is 5.69 Å². The van der Waals surface area contributed by atoms with E-state index in [1.807, 2.05) is 0 Å². The van der Waals surface area contributed by atoms with E-state index in [1.165, 1.54) is 76.6 Å². The Hall–Kier alpha value is -1.18. The van der Waals surface area contributed by atoms with E-state index in [1.54, 1.807) is 0 Å². The summed E-state index contributed by atoms with van der Waals surface area (Å²) < 4.78 is 5.83. The average Bonchev–Trinajstić information content (AvgIpc) is 3.05. The number of ether oxygens (including phenoxy) is 1. The predicted molar refractivity (Wildman–Crippen MR) is 91.4 cm³/mol. The maximum atomic E-state index is 5.83. The first-order valence-electron chi connectivity index (χ1n) is 8.88. The molecule has 1 saturated heterocycles. The van der Waals surface area contributed by atoms with Gasteiger partial charge in [-0.15, -0.1) is 0 Å². The molecule has 1 aliphatic heterocycles. The Labute approximate surface area is 130 Å². The molecule has 0 atom stereocenters. The van der Waals surface area contributed by atoms with Crippen molar-refractivity contribution in [3.63, 3.8) is 0 Å². The molecule has 2 heteroatoms. The lowest BCUT2D eigenvalue weighted by atomic mass is 10.1. The van der Waals surface area contributed by atoms with Gasteiger partial charge in [0.1, 0.15) is 5.75 Å². The third-order valence-corrected chi connectivity index (χ3v) is 4.32. The van der Waals surface area contributed by atoms with Crippen molar-refractivity contribution in [3.05, 3.63) is 24.3 Å². The van der Waals surface area contributed by atoms with Gasteiger partial charge in [-0.1, -0.05) is 45.4 Å². The first kappa shape index (κ1) is 16.2. The van der Waals surface area contributed by atoms with E-state index >= 15 is 0 Å². The molecule has 0 aromatic heterocycles. The zero-order chi connectivity index (χ0) is 14.8. The van der Waals surface area contributed by atoms with Gasteiger partial charge < -0.3 is 9.64 Å². The Kier molecular flexibility index (Phi) is 7.48. The largest absolute Gasteiger partial charge is 0.494 e. The van der Waals surface area contributed by atoms with Crippen molar-refractivity contribution in [1.29, 1.82) is 0 Å². The number of rotatable bonds is 10. The molecule has 1 aromatic carbocycles. The number of anilines is 1. The molecule has 2 rings (SSSR count). The minimum atomic E-state index is 0.858. The minimum absolute atomic E-state index is 0.858. The molecule has 0 aliphatic carbocycles. The van der Waals surface area contributed by atoms with E-state index in [2.05, 4.69) is 36.1 Å². The maximum absolute atomic E-state index is 5.83. The molecule has 0 amide bonds. The van der Waals surface area contributed by atoms with Gasteiger partial charge in [-0.05, 0) is 43.5 Å². The van der Waals surface area contributed by atoms with Crippen LogP contribution in [0.2, 0.25) is 0 Å². The molecule has 0 unspecified atom stereocenters. The molecule has 0 saturated carbocycles. The van der Waals surface area contributed by atoms with Crippen molar-refractivity contribution in [2.45, 2.75) is 64.7 Å². The second-order valence-corrected chi connectivity index (χ2v) is 6.16. The fourth-order valence-corrected chi connectivity index (χ4v) is 2.98. The SMILES string of the molecule is CCCCCCCCCOc1ccc(N2CCCC2)cc1. The molecule has 1 heterocycles. The van der Waals surface area contributed by atoms with Crippen LogP contribution in [0.5, 0.6) is 5.75 Å². The molecule has 21 heavy (non-hydrogen) atoms. The molecule has 1 fully saturated rings. The van der Waals surface area contributed by atoms with E-state index in [4.69, 9.17) is 4.74 Å². The van der Waals surface area contributed by atoms with Crippen LogP contribution in [0.3, 0.4) is 0 Å². The van der Waals surface area contributed by atoms with E-state index in [0.29, 0.717) is 0 Å². The Morgan fingerprint density at radius 2 is 1.48 bits per heavy atom. The van der Waals surface area contributed by atoms with E-state index in [0.717, 1.165) is 12.4 Å². The van der Waals surface area contributed by atoms with Gasteiger partial charge in [0.05, 0.1) is 6.61 Å². The molecule has 0 N–H and O–H groups in total. The van der Waals surface area contributed by atoms with Crippen LogP contribution in [0.1, 0.15) is 64.7 Å². The number of hydrogen-bond acceptors (Lipinski definition) is 2. The van der Waals surface area contributed by atoms with Crippen molar-refractivity contribution < 1.29 is 4.74 Å². The number of nitrogens with zero attached hydrogens (tertiary/aromatic N) is 1. The summed E-state index contributed by atoms with van der Waals surface area (Å²) in [6.07, 6.45) is 12.0. The van der Waals surface area contributed by atoms with Crippen molar-refractivity contribution in [2.75, 3.05) is 24.6 Å². The molecular weight excluding hydrogens is 258 g/mol. The summed E-state index contributed by atoms with van der Waals surface area (Å²) >= 11 is 0. The van der Waals surface area contributed by atoms with Crippen LogP contribution in [-0.2, 0) is 0 Å². The quantitative estimate of drug-likeness (QED) is 0.533. The van der Waals surface area contributed by atoms with E-state index in [-0.39, 0.29) is 0 Å². The van der Waals surface area contributed by atoms with Crippen LogP contribution in [-0.4, -0.2) is 19.7 Å². The third kappa shape index (κ3) is 5.99. The van der Waals surface area contributed by atoms with Crippen molar-refractivity contribution in [2.24, 2.45) is 0 Å². The summed E-state index contributed by atoms with van der Waals surface area (Å²) in [7, 11) is 0. The molecule has 2 nitrogen and oxygen atoms in total. The third-order valence-electron chi connectivity index (χ3n) is 4.32. The second-order valence-electron chi connectivity index (χ2n) is 6.16. The van der Waals surface area contributed by atoms with Gasteiger partial charge in [0, 0.05) is 18.8 Å². The van der Waals surface area contributed by atoms with Crippen LogP contribution in [0.15, 0.2) is 24.3 Å². The zero-order valence-corrected chi connectivity index (χ0v) is 13.7. The van der Waals surface area contributed by atoms with Gasteiger partial charge in [0.15, 0.2) is 0 Å². The highest BCUT2D eigenvalue weighted by molar-refractivity contribution is 5.49. The summed E-state index contributed by atoms with van der Waals surface area (Å²) in [5, 5.41) is 0. The fourth-order valence-electron chi connectivity index (χ4n) is 2.98. The predicted octanol–water partition coefficient (Wildman–Crippen LogP) is 5.42. The molecule has 1 aliphatic rings. The summed E-state index contributed by atoms with van der Waals surface area (Å²) in [5.41, 5.74) is 1.34. The normalized spacial score (nSPS) is 14.6. The second kappa shape index (κ2) is 9.70. The van der Waals surface area contributed by atoms with E-state index in [9.17, 15) is 0 Å². The smallest absolute Gasteiger partial charge is 0.119 e. The van der Waals surface area contributed by atoms with Crippen LogP contribution < -0.4 is 9.64 Å². The first-order valence-corrected chi connectivity index (χ1v) is 8.88. The number of benzene rings is 1.